The summed E-state index contributed by atoms with van der Waals surface area (Å²) in [6, 6.07) is 0. The Morgan fingerprint density at radius 3 is 2.00 bits per heavy atom. The number of amidine groups is 1. The largest absolute Gasteiger partial charge is 0.715 e. The van der Waals surface area contributed by atoms with Crippen LogP contribution in [-0.4, -0.2) is 31.9 Å². The maximum absolute atomic E-state index is 11.8. The summed E-state index contributed by atoms with van der Waals surface area (Å²) >= 11 is 0. The zero-order chi connectivity index (χ0) is 10.4. The predicted molar refractivity (Wildman–Crippen MR) is 50.7 cm³/mol. The quantitative estimate of drug-likeness (QED) is 0.499. The summed E-state index contributed by atoms with van der Waals surface area (Å²) < 4.78 is 0.910. The van der Waals surface area contributed by atoms with E-state index in [1.54, 1.807) is 0 Å². The molecule has 0 saturated carbocycles. The lowest BCUT2D eigenvalue weighted by Gasteiger charge is -2.33. The number of hydrogen-bond acceptors (Lipinski definition) is 3. The molecule has 0 aromatic heterocycles. The van der Waals surface area contributed by atoms with Gasteiger partial charge in [0.15, 0.2) is 5.54 Å². The van der Waals surface area contributed by atoms with E-state index in [2.05, 4.69) is 0 Å². The summed E-state index contributed by atoms with van der Waals surface area (Å²) in [5.41, 5.74) is -1.13. The molecular formula is C9H18N2O2. The molecular weight excluding hydrogens is 168 g/mol. The van der Waals surface area contributed by atoms with Crippen molar-refractivity contribution in [2.45, 2.75) is 52.1 Å². The SMILES string of the molecule is CCC1=[N+]([O-])C(C)(C)C(C)(C)N1O. The summed E-state index contributed by atoms with van der Waals surface area (Å²) in [6.07, 6.45) is 0.548. The van der Waals surface area contributed by atoms with E-state index in [0.717, 1.165) is 9.80 Å². The number of nitrogens with zero attached hydrogens (tertiary/aromatic N) is 2. The number of hydrogen-bond donors (Lipinski definition) is 1. The molecule has 4 nitrogen and oxygen atoms in total. The van der Waals surface area contributed by atoms with Crippen LogP contribution in [0, 0.1) is 5.21 Å². The van der Waals surface area contributed by atoms with Crippen molar-refractivity contribution in [3.63, 3.8) is 0 Å². The molecule has 1 aliphatic rings. The molecule has 1 N–H and O–H groups in total. The molecule has 0 bridgehead atoms. The second kappa shape index (κ2) is 2.61. The van der Waals surface area contributed by atoms with Crippen LogP contribution >= 0.6 is 0 Å². The van der Waals surface area contributed by atoms with Gasteiger partial charge in [0.25, 0.3) is 5.84 Å². The molecule has 0 aliphatic carbocycles. The van der Waals surface area contributed by atoms with Crippen LogP contribution in [0.2, 0.25) is 0 Å². The summed E-state index contributed by atoms with van der Waals surface area (Å²) in [6.45, 7) is 9.26. The highest BCUT2D eigenvalue weighted by atomic mass is 16.5. The Bertz CT molecular complexity index is 256. The van der Waals surface area contributed by atoms with Gasteiger partial charge in [0.1, 0.15) is 5.54 Å². The highest BCUT2D eigenvalue weighted by Crippen LogP contribution is 2.35. The Hall–Kier alpha value is -0.770. The van der Waals surface area contributed by atoms with Crippen LogP contribution in [0.25, 0.3) is 0 Å². The first-order valence-electron chi connectivity index (χ1n) is 4.59. The Kier molecular flexibility index (Phi) is 2.07. The lowest BCUT2D eigenvalue weighted by molar-refractivity contribution is -0.540. The zero-order valence-corrected chi connectivity index (χ0v) is 8.96. The molecule has 0 radical (unpaired) electrons. The number of rotatable bonds is 1. The van der Waals surface area contributed by atoms with Gasteiger partial charge < -0.3 is 5.21 Å². The second-order valence-electron chi connectivity index (χ2n) is 4.49. The van der Waals surface area contributed by atoms with Gasteiger partial charge in [-0.2, -0.15) is 0 Å². The van der Waals surface area contributed by atoms with Crippen LogP contribution in [0.4, 0.5) is 0 Å². The fourth-order valence-corrected chi connectivity index (χ4v) is 1.53. The van der Waals surface area contributed by atoms with Gasteiger partial charge in [-0.1, -0.05) is 6.92 Å². The van der Waals surface area contributed by atoms with Gasteiger partial charge in [0, 0.05) is 6.42 Å². The third kappa shape index (κ3) is 1.05. The van der Waals surface area contributed by atoms with E-state index in [0.29, 0.717) is 12.3 Å². The van der Waals surface area contributed by atoms with Crippen molar-refractivity contribution >= 4 is 5.84 Å². The summed E-state index contributed by atoms with van der Waals surface area (Å²) in [5, 5.41) is 22.6. The number of hydroxylamine groups is 3. The Balaban J connectivity index is 3.21. The van der Waals surface area contributed by atoms with E-state index < -0.39 is 11.1 Å². The fourth-order valence-electron chi connectivity index (χ4n) is 1.53. The Morgan fingerprint density at radius 1 is 1.38 bits per heavy atom. The van der Waals surface area contributed by atoms with Gasteiger partial charge in [-0.15, -0.1) is 5.06 Å². The predicted octanol–water partition coefficient (Wildman–Crippen LogP) is 1.57. The molecule has 76 valence electrons. The van der Waals surface area contributed by atoms with Crippen molar-refractivity contribution in [1.82, 2.24) is 5.06 Å². The first-order valence-corrected chi connectivity index (χ1v) is 4.59. The Morgan fingerprint density at radius 2 is 1.85 bits per heavy atom. The van der Waals surface area contributed by atoms with Gasteiger partial charge in [-0.05, 0) is 27.7 Å². The molecule has 0 fully saturated rings. The minimum absolute atomic E-state index is 0.440. The first kappa shape index (κ1) is 10.3. The van der Waals surface area contributed by atoms with Gasteiger partial charge in [0.05, 0.1) is 0 Å². The molecule has 0 aromatic carbocycles. The highest BCUT2D eigenvalue weighted by Gasteiger charge is 2.57. The smallest absolute Gasteiger partial charge is 0.281 e. The normalized spacial score (nSPS) is 25.5. The van der Waals surface area contributed by atoms with E-state index >= 15 is 0 Å². The molecule has 13 heavy (non-hydrogen) atoms. The van der Waals surface area contributed by atoms with Gasteiger partial charge in [-0.25, -0.2) is 5.21 Å². The molecule has 0 spiro atoms. The lowest BCUT2D eigenvalue weighted by Crippen LogP contribution is -2.53. The topological polar surface area (TPSA) is 49.5 Å². The Labute approximate surface area is 79.0 Å². The van der Waals surface area contributed by atoms with Gasteiger partial charge in [-0.3, -0.25) is 4.74 Å². The maximum Gasteiger partial charge on any atom is 0.281 e. The van der Waals surface area contributed by atoms with E-state index in [4.69, 9.17) is 0 Å². The molecule has 0 aromatic rings. The summed E-state index contributed by atoms with van der Waals surface area (Å²) in [5.74, 6) is 0.440. The third-order valence-corrected chi connectivity index (χ3v) is 3.33. The second-order valence-corrected chi connectivity index (χ2v) is 4.49. The molecule has 0 amide bonds. The molecule has 4 heteroatoms. The van der Waals surface area contributed by atoms with Crippen LogP contribution in [0.1, 0.15) is 41.0 Å². The fraction of sp³-hybridized carbons (Fsp3) is 0.889. The van der Waals surface area contributed by atoms with Crippen molar-refractivity contribution in [3.05, 3.63) is 5.21 Å². The lowest BCUT2D eigenvalue weighted by atomic mass is 9.84. The van der Waals surface area contributed by atoms with E-state index in [1.807, 2.05) is 34.6 Å². The van der Waals surface area contributed by atoms with E-state index in [1.165, 1.54) is 0 Å². The van der Waals surface area contributed by atoms with Crippen molar-refractivity contribution in [2.24, 2.45) is 0 Å². The minimum atomic E-state index is -0.590. The average molecular weight is 186 g/mol. The van der Waals surface area contributed by atoms with E-state index in [-0.39, 0.29) is 0 Å². The molecule has 1 aliphatic heterocycles. The van der Waals surface area contributed by atoms with Crippen LogP contribution in [0.5, 0.6) is 0 Å². The van der Waals surface area contributed by atoms with Gasteiger partial charge >= 0.3 is 0 Å². The molecule has 0 unspecified atom stereocenters. The highest BCUT2D eigenvalue weighted by molar-refractivity contribution is 5.78. The van der Waals surface area contributed by atoms with Crippen molar-refractivity contribution < 1.29 is 9.95 Å². The van der Waals surface area contributed by atoms with Crippen molar-refractivity contribution in [3.8, 4) is 0 Å². The standard InChI is InChI=1S/C9H18N2O2/c1-6-7-10(12)8(2,3)9(4,5)11(7)13/h12H,6H2,1-5H3. The van der Waals surface area contributed by atoms with Crippen LogP contribution < -0.4 is 0 Å². The third-order valence-electron chi connectivity index (χ3n) is 3.33. The van der Waals surface area contributed by atoms with E-state index in [9.17, 15) is 10.4 Å². The van der Waals surface area contributed by atoms with Crippen LogP contribution in [0.15, 0.2) is 0 Å². The van der Waals surface area contributed by atoms with Gasteiger partial charge in [0.2, 0.25) is 0 Å². The van der Waals surface area contributed by atoms with Crippen LogP contribution in [0.3, 0.4) is 0 Å². The maximum atomic E-state index is 11.8. The molecule has 0 saturated heterocycles. The zero-order valence-electron chi connectivity index (χ0n) is 8.96. The average Bonchev–Trinajstić information content (AvgIpc) is 2.13. The summed E-state index contributed by atoms with van der Waals surface area (Å²) in [7, 11) is 0. The molecule has 1 rings (SSSR count). The monoisotopic (exact) mass is 186 g/mol. The first-order chi connectivity index (χ1) is 5.76. The molecule has 0 atom stereocenters. The van der Waals surface area contributed by atoms with Crippen molar-refractivity contribution in [1.29, 1.82) is 0 Å². The minimum Gasteiger partial charge on any atom is -0.715 e. The van der Waals surface area contributed by atoms with Crippen molar-refractivity contribution in [2.75, 3.05) is 0 Å². The summed E-state index contributed by atoms with van der Waals surface area (Å²) in [4.78, 5) is 0. The van der Waals surface area contributed by atoms with Crippen LogP contribution in [-0.2, 0) is 0 Å². The molecule has 1 heterocycles.